The molecule has 2 N–H and O–H groups in total. The molecule has 0 aliphatic carbocycles. The summed E-state index contributed by atoms with van der Waals surface area (Å²) in [6.07, 6.45) is 0. The van der Waals surface area contributed by atoms with Gasteiger partial charge in [-0.05, 0) is 43.7 Å². The zero-order valence-corrected chi connectivity index (χ0v) is 19.5. The van der Waals surface area contributed by atoms with E-state index in [4.69, 9.17) is 23.2 Å². The highest BCUT2D eigenvalue weighted by Gasteiger charge is 2.20. The van der Waals surface area contributed by atoms with Crippen molar-refractivity contribution in [2.45, 2.75) is 25.0 Å². The van der Waals surface area contributed by atoms with Crippen LogP contribution in [0.1, 0.15) is 34.7 Å². The molecule has 1 aromatic heterocycles. The molecule has 3 rings (SSSR count). The molecule has 0 aliphatic rings. The van der Waals surface area contributed by atoms with E-state index >= 15 is 0 Å². The van der Waals surface area contributed by atoms with Gasteiger partial charge in [-0.3, -0.25) is 9.59 Å². The number of amides is 2. The fourth-order valence-electron chi connectivity index (χ4n) is 2.81. The van der Waals surface area contributed by atoms with Gasteiger partial charge in [0.2, 0.25) is 5.91 Å². The number of anilines is 1. The van der Waals surface area contributed by atoms with E-state index in [0.717, 1.165) is 5.56 Å². The van der Waals surface area contributed by atoms with E-state index in [0.29, 0.717) is 32.3 Å². The lowest BCUT2D eigenvalue weighted by molar-refractivity contribution is -0.113. The van der Waals surface area contributed by atoms with Gasteiger partial charge in [-0.2, -0.15) is 0 Å². The Kier molecular flexibility index (Phi) is 7.59. The van der Waals surface area contributed by atoms with E-state index in [-0.39, 0.29) is 17.6 Å². The molecule has 2 aromatic carbocycles. The van der Waals surface area contributed by atoms with Crippen LogP contribution in [0.3, 0.4) is 0 Å². The SMILES string of the molecule is Cc1ccc(NC(=O)CSc2nnc([C@H](C)NC(=O)c3ccccc3Cl)n2C)cc1Cl. The molecule has 31 heavy (non-hydrogen) atoms. The molecule has 0 saturated carbocycles. The molecule has 3 aromatic rings. The van der Waals surface area contributed by atoms with Crippen molar-refractivity contribution in [2.75, 3.05) is 11.1 Å². The number of halogens is 2. The van der Waals surface area contributed by atoms with Crippen LogP contribution in [-0.2, 0) is 11.8 Å². The molecule has 0 aliphatic heterocycles. The standard InChI is InChI=1S/C21H21Cl2N5O2S/c1-12-8-9-14(10-17(12)23)25-18(29)11-31-21-27-26-19(28(21)3)13(2)24-20(30)15-6-4-5-7-16(15)22/h4-10,13H,11H2,1-3H3,(H,24,30)(H,25,29)/t13-/m0/s1. The molecule has 162 valence electrons. The zero-order valence-electron chi connectivity index (χ0n) is 17.1. The Labute approximate surface area is 194 Å². The van der Waals surface area contributed by atoms with Crippen LogP contribution in [0, 0.1) is 6.92 Å². The molecule has 0 unspecified atom stereocenters. The monoisotopic (exact) mass is 477 g/mol. The summed E-state index contributed by atoms with van der Waals surface area (Å²) in [5.74, 6) is 0.229. The zero-order chi connectivity index (χ0) is 22.5. The summed E-state index contributed by atoms with van der Waals surface area (Å²) in [6, 6.07) is 11.8. The largest absolute Gasteiger partial charge is 0.342 e. The van der Waals surface area contributed by atoms with Crippen molar-refractivity contribution >= 4 is 52.5 Å². The third-order valence-electron chi connectivity index (χ3n) is 4.51. The normalized spacial score (nSPS) is 11.8. The number of aryl methyl sites for hydroxylation is 1. The first-order valence-corrected chi connectivity index (χ1v) is 11.1. The third kappa shape index (κ3) is 5.78. The summed E-state index contributed by atoms with van der Waals surface area (Å²) >= 11 is 13.4. The third-order valence-corrected chi connectivity index (χ3v) is 6.27. The molecule has 0 fully saturated rings. The number of carbonyl (C=O) groups excluding carboxylic acids is 2. The number of aromatic nitrogens is 3. The van der Waals surface area contributed by atoms with Crippen molar-refractivity contribution in [2.24, 2.45) is 7.05 Å². The minimum absolute atomic E-state index is 0.151. The van der Waals surface area contributed by atoms with Gasteiger partial charge in [0.15, 0.2) is 11.0 Å². The van der Waals surface area contributed by atoms with Gasteiger partial charge in [-0.1, -0.05) is 53.2 Å². The quantitative estimate of drug-likeness (QED) is 0.483. The van der Waals surface area contributed by atoms with E-state index in [2.05, 4.69) is 20.8 Å². The summed E-state index contributed by atoms with van der Waals surface area (Å²) in [5, 5.41) is 15.5. The number of rotatable bonds is 7. The molecule has 1 heterocycles. The first-order valence-electron chi connectivity index (χ1n) is 9.39. The first-order chi connectivity index (χ1) is 14.8. The molecule has 0 radical (unpaired) electrons. The number of thioether (sulfide) groups is 1. The number of nitrogens with one attached hydrogen (secondary N) is 2. The number of nitrogens with zero attached hydrogens (tertiary/aromatic N) is 3. The lowest BCUT2D eigenvalue weighted by Gasteiger charge is -2.14. The molecule has 1 atom stereocenters. The molecule has 0 bridgehead atoms. The van der Waals surface area contributed by atoms with Gasteiger partial charge in [0, 0.05) is 17.8 Å². The van der Waals surface area contributed by atoms with Crippen molar-refractivity contribution in [1.29, 1.82) is 0 Å². The summed E-state index contributed by atoms with van der Waals surface area (Å²) in [6.45, 7) is 3.70. The number of hydrogen-bond donors (Lipinski definition) is 2. The van der Waals surface area contributed by atoms with E-state index in [9.17, 15) is 9.59 Å². The van der Waals surface area contributed by atoms with E-state index < -0.39 is 6.04 Å². The highest BCUT2D eigenvalue weighted by atomic mass is 35.5. The Morgan fingerprint density at radius 1 is 1.13 bits per heavy atom. The number of carbonyl (C=O) groups is 2. The fraction of sp³-hybridized carbons (Fsp3) is 0.238. The Morgan fingerprint density at radius 2 is 1.87 bits per heavy atom. The topological polar surface area (TPSA) is 88.9 Å². The van der Waals surface area contributed by atoms with Crippen LogP contribution in [0.5, 0.6) is 0 Å². The van der Waals surface area contributed by atoms with Gasteiger partial charge in [0.25, 0.3) is 5.91 Å². The highest BCUT2D eigenvalue weighted by Crippen LogP contribution is 2.22. The Balaban J connectivity index is 1.59. The second-order valence-corrected chi connectivity index (χ2v) is 8.63. The average molecular weight is 478 g/mol. The molecular formula is C21H21Cl2N5O2S. The predicted octanol–water partition coefficient (Wildman–Crippen LogP) is 4.65. The van der Waals surface area contributed by atoms with Crippen molar-refractivity contribution in [3.8, 4) is 0 Å². The van der Waals surface area contributed by atoms with Crippen LogP contribution in [-0.4, -0.2) is 32.3 Å². The first kappa shape index (κ1) is 23.1. The molecule has 7 nitrogen and oxygen atoms in total. The Morgan fingerprint density at radius 3 is 2.58 bits per heavy atom. The van der Waals surface area contributed by atoms with Crippen LogP contribution in [0.15, 0.2) is 47.6 Å². The van der Waals surface area contributed by atoms with Gasteiger partial charge in [0.1, 0.15) is 0 Å². The van der Waals surface area contributed by atoms with Gasteiger partial charge in [-0.15, -0.1) is 10.2 Å². The number of hydrogen-bond acceptors (Lipinski definition) is 5. The van der Waals surface area contributed by atoms with Gasteiger partial charge in [0.05, 0.1) is 22.4 Å². The molecular weight excluding hydrogens is 457 g/mol. The van der Waals surface area contributed by atoms with Gasteiger partial charge in [-0.25, -0.2) is 0 Å². The molecule has 2 amide bonds. The summed E-state index contributed by atoms with van der Waals surface area (Å²) in [4.78, 5) is 24.7. The highest BCUT2D eigenvalue weighted by molar-refractivity contribution is 7.99. The minimum Gasteiger partial charge on any atom is -0.342 e. The maximum Gasteiger partial charge on any atom is 0.253 e. The van der Waals surface area contributed by atoms with E-state index in [1.807, 2.05) is 13.0 Å². The maximum absolute atomic E-state index is 12.5. The van der Waals surface area contributed by atoms with Gasteiger partial charge >= 0.3 is 0 Å². The van der Waals surface area contributed by atoms with Crippen LogP contribution in [0.25, 0.3) is 0 Å². The van der Waals surface area contributed by atoms with Crippen molar-refractivity contribution < 1.29 is 9.59 Å². The minimum atomic E-state index is -0.404. The van der Waals surface area contributed by atoms with E-state index in [1.54, 1.807) is 54.9 Å². The molecule has 0 saturated heterocycles. The second kappa shape index (κ2) is 10.2. The van der Waals surface area contributed by atoms with Crippen molar-refractivity contribution in [3.05, 3.63) is 69.5 Å². The van der Waals surface area contributed by atoms with Crippen LogP contribution in [0.4, 0.5) is 5.69 Å². The number of benzene rings is 2. The second-order valence-electron chi connectivity index (χ2n) is 6.88. The Hall–Kier alpha value is -2.55. The molecule has 0 spiro atoms. The van der Waals surface area contributed by atoms with Gasteiger partial charge < -0.3 is 15.2 Å². The van der Waals surface area contributed by atoms with Crippen LogP contribution < -0.4 is 10.6 Å². The van der Waals surface area contributed by atoms with Crippen molar-refractivity contribution in [1.82, 2.24) is 20.1 Å². The lowest BCUT2D eigenvalue weighted by Crippen LogP contribution is -2.28. The summed E-state index contributed by atoms with van der Waals surface area (Å²) in [7, 11) is 1.79. The van der Waals surface area contributed by atoms with Crippen LogP contribution >= 0.6 is 35.0 Å². The van der Waals surface area contributed by atoms with E-state index in [1.165, 1.54) is 11.8 Å². The fourth-order valence-corrected chi connectivity index (χ4v) is 3.93. The van der Waals surface area contributed by atoms with Crippen LogP contribution in [0.2, 0.25) is 10.0 Å². The Bertz CT molecular complexity index is 1120. The molecule has 10 heteroatoms. The summed E-state index contributed by atoms with van der Waals surface area (Å²) < 4.78 is 1.75. The maximum atomic E-state index is 12.5. The smallest absolute Gasteiger partial charge is 0.253 e. The lowest BCUT2D eigenvalue weighted by atomic mass is 10.2. The average Bonchev–Trinajstić information content (AvgIpc) is 3.10. The summed E-state index contributed by atoms with van der Waals surface area (Å²) in [5.41, 5.74) is 1.97. The van der Waals surface area contributed by atoms with Crippen molar-refractivity contribution in [3.63, 3.8) is 0 Å². The predicted molar refractivity (Wildman–Crippen MR) is 124 cm³/mol.